The molecule has 4 rings (SSSR count). The summed E-state index contributed by atoms with van der Waals surface area (Å²) in [4.78, 5) is 39.8. The molecular weight excluding hydrogens is 568 g/mol. The molecule has 1 aliphatic rings. The van der Waals surface area contributed by atoms with Crippen LogP contribution in [0.3, 0.4) is 0 Å². The van der Waals surface area contributed by atoms with Crippen molar-refractivity contribution < 1.29 is 32.3 Å². The van der Waals surface area contributed by atoms with Gasteiger partial charge >= 0.3 is 6.18 Å². The summed E-state index contributed by atoms with van der Waals surface area (Å²) < 4.78 is 46.2. The van der Waals surface area contributed by atoms with Gasteiger partial charge in [-0.2, -0.15) is 13.2 Å². The predicted molar refractivity (Wildman–Crippen MR) is 146 cm³/mol. The maximum atomic E-state index is 13.8. The van der Waals surface area contributed by atoms with E-state index in [1.165, 1.54) is 19.9 Å². The van der Waals surface area contributed by atoms with Gasteiger partial charge in [0, 0.05) is 35.7 Å². The van der Waals surface area contributed by atoms with Gasteiger partial charge in [-0.3, -0.25) is 14.4 Å². The van der Waals surface area contributed by atoms with Crippen molar-refractivity contribution in [3.05, 3.63) is 98.0 Å². The van der Waals surface area contributed by atoms with Gasteiger partial charge in [0.2, 0.25) is 0 Å². The molecule has 0 aliphatic carbocycles. The number of alkyl halides is 3. The van der Waals surface area contributed by atoms with Gasteiger partial charge in [-0.1, -0.05) is 41.4 Å². The summed E-state index contributed by atoms with van der Waals surface area (Å²) in [5.74, 6) is -1.99. The molecule has 1 aliphatic heterocycles. The molecule has 1 fully saturated rings. The van der Waals surface area contributed by atoms with Crippen molar-refractivity contribution in [2.45, 2.75) is 32.0 Å². The number of Topliss-reactive ketones (excluding diaryl/α,β-unsaturated/α-hetero) is 1. The minimum Gasteiger partial charge on any atom is -0.496 e. The molecule has 40 heavy (non-hydrogen) atoms. The van der Waals surface area contributed by atoms with Gasteiger partial charge in [-0.25, -0.2) is 0 Å². The summed E-state index contributed by atoms with van der Waals surface area (Å²) >= 11 is 12.3. The van der Waals surface area contributed by atoms with Gasteiger partial charge in [-0.15, -0.1) is 0 Å². The molecule has 0 saturated carbocycles. The Morgan fingerprint density at radius 2 is 1.60 bits per heavy atom. The molecule has 6 nitrogen and oxygen atoms in total. The molecule has 0 radical (unpaired) electrons. The Labute approximate surface area is 239 Å². The van der Waals surface area contributed by atoms with E-state index in [1.54, 1.807) is 47.4 Å². The summed E-state index contributed by atoms with van der Waals surface area (Å²) in [5.41, 5.74) is 0.0541. The van der Waals surface area contributed by atoms with E-state index in [0.29, 0.717) is 21.7 Å². The molecule has 1 saturated heterocycles. The van der Waals surface area contributed by atoms with Crippen LogP contribution in [0.25, 0.3) is 0 Å². The number of likely N-dealkylation sites (tertiary alicyclic amines) is 1. The number of amides is 2. The lowest BCUT2D eigenvalue weighted by molar-refractivity contribution is -0.139. The summed E-state index contributed by atoms with van der Waals surface area (Å²) in [6.45, 7) is 2.93. The van der Waals surface area contributed by atoms with Crippen LogP contribution in [0, 0.1) is 6.92 Å². The van der Waals surface area contributed by atoms with E-state index in [-0.39, 0.29) is 46.7 Å². The highest BCUT2D eigenvalue weighted by molar-refractivity contribution is 6.42. The molecule has 11 heteroatoms. The largest absolute Gasteiger partial charge is 0.496 e. The number of carbonyl (C=O) groups excluding carboxylic acids is 3. The number of nitrogens with one attached hydrogen (secondary N) is 1. The third kappa shape index (κ3) is 5.95. The Kier molecular flexibility index (Phi) is 8.46. The third-order valence-electron chi connectivity index (χ3n) is 7.01. The minimum atomic E-state index is -4.73. The standard InChI is InChI=1S/C29H25Cl2F3N2O4/c1-15-20(9-11-25(40-3)26(15)29(32,33)34)27(38)35-24-14-36(13-21(24)19-8-10-22(30)23(31)12-19)28(39)18-6-4-17(5-7-18)16(2)37/h4-12,21,24H,13-14H2,1-3H3,(H,35,38)/t21-,24+/m0/s1. The van der Waals surface area contributed by atoms with E-state index in [4.69, 9.17) is 27.9 Å². The van der Waals surface area contributed by atoms with Gasteiger partial charge in [0.1, 0.15) is 11.3 Å². The second-order valence-corrected chi connectivity index (χ2v) is 10.3. The minimum absolute atomic E-state index is 0.0886. The molecule has 0 aromatic heterocycles. The number of hydrogen-bond acceptors (Lipinski definition) is 4. The Balaban J connectivity index is 1.66. The lowest BCUT2D eigenvalue weighted by Gasteiger charge is -2.22. The van der Waals surface area contributed by atoms with Crippen molar-refractivity contribution in [2.24, 2.45) is 0 Å². The lowest BCUT2D eigenvalue weighted by atomic mass is 9.93. The number of ketones is 1. The van der Waals surface area contributed by atoms with Crippen LogP contribution in [-0.4, -0.2) is 48.7 Å². The highest BCUT2D eigenvalue weighted by atomic mass is 35.5. The quantitative estimate of drug-likeness (QED) is 0.328. The Bertz CT molecular complexity index is 1480. The molecule has 1 heterocycles. The Hall–Kier alpha value is -3.56. The van der Waals surface area contributed by atoms with Crippen LogP contribution in [0.5, 0.6) is 5.75 Å². The number of benzene rings is 3. The average Bonchev–Trinajstić information content (AvgIpc) is 3.32. The molecule has 3 aromatic carbocycles. The zero-order chi connectivity index (χ0) is 29.4. The molecule has 1 N–H and O–H groups in total. The van der Waals surface area contributed by atoms with Gasteiger partial charge in [0.15, 0.2) is 5.78 Å². The van der Waals surface area contributed by atoms with E-state index in [2.05, 4.69) is 5.32 Å². The predicted octanol–water partition coefficient (Wildman–Crippen LogP) is 6.57. The van der Waals surface area contributed by atoms with Crippen molar-refractivity contribution in [1.29, 1.82) is 0 Å². The van der Waals surface area contributed by atoms with E-state index in [0.717, 1.165) is 13.2 Å². The van der Waals surface area contributed by atoms with Crippen LogP contribution in [0.1, 0.15) is 60.6 Å². The third-order valence-corrected chi connectivity index (χ3v) is 7.75. The maximum Gasteiger partial charge on any atom is 0.420 e. The van der Waals surface area contributed by atoms with Gasteiger partial charge in [0.05, 0.1) is 23.2 Å². The van der Waals surface area contributed by atoms with Crippen molar-refractivity contribution in [2.75, 3.05) is 20.2 Å². The first kappa shape index (κ1) is 29.4. The van der Waals surface area contributed by atoms with E-state index >= 15 is 0 Å². The maximum absolute atomic E-state index is 13.8. The molecule has 2 amide bonds. The number of ether oxygens (including phenoxy) is 1. The van der Waals surface area contributed by atoms with Crippen LogP contribution >= 0.6 is 23.2 Å². The SMILES string of the molecule is COc1ccc(C(=O)N[C@@H]2CN(C(=O)c3ccc(C(C)=O)cc3)C[C@H]2c2ccc(Cl)c(Cl)c2)c(C)c1C(F)(F)F. The van der Waals surface area contributed by atoms with Crippen molar-refractivity contribution in [3.8, 4) is 5.75 Å². The average molecular weight is 593 g/mol. The molecular formula is C29H25Cl2F3N2O4. The fourth-order valence-corrected chi connectivity index (χ4v) is 5.23. The summed E-state index contributed by atoms with van der Waals surface area (Å²) in [6, 6.07) is 12.9. The summed E-state index contributed by atoms with van der Waals surface area (Å²) in [7, 11) is 1.13. The first-order chi connectivity index (χ1) is 18.8. The summed E-state index contributed by atoms with van der Waals surface area (Å²) in [6.07, 6.45) is -4.73. The van der Waals surface area contributed by atoms with Gasteiger partial charge in [0.25, 0.3) is 11.8 Å². The van der Waals surface area contributed by atoms with Crippen LogP contribution < -0.4 is 10.1 Å². The normalized spacial score (nSPS) is 17.1. The first-order valence-corrected chi connectivity index (χ1v) is 13.0. The lowest BCUT2D eigenvalue weighted by Crippen LogP contribution is -2.41. The van der Waals surface area contributed by atoms with Crippen LogP contribution in [0.4, 0.5) is 13.2 Å². The van der Waals surface area contributed by atoms with Gasteiger partial charge in [-0.05, 0) is 61.4 Å². The number of methoxy groups -OCH3 is 1. The van der Waals surface area contributed by atoms with Crippen molar-refractivity contribution in [1.82, 2.24) is 10.2 Å². The number of carbonyl (C=O) groups is 3. The zero-order valence-corrected chi connectivity index (χ0v) is 23.2. The van der Waals surface area contributed by atoms with Gasteiger partial charge < -0.3 is 15.0 Å². The van der Waals surface area contributed by atoms with E-state index in [9.17, 15) is 27.6 Å². The Morgan fingerprint density at radius 3 is 2.17 bits per heavy atom. The van der Waals surface area contributed by atoms with E-state index < -0.39 is 29.6 Å². The topological polar surface area (TPSA) is 75.7 Å². The molecule has 2 atom stereocenters. The Morgan fingerprint density at radius 1 is 0.950 bits per heavy atom. The van der Waals surface area contributed by atoms with Crippen molar-refractivity contribution in [3.63, 3.8) is 0 Å². The fraction of sp³-hybridized carbons (Fsp3) is 0.276. The molecule has 210 valence electrons. The second-order valence-electron chi connectivity index (χ2n) is 9.52. The van der Waals surface area contributed by atoms with Crippen LogP contribution in [0.2, 0.25) is 10.0 Å². The number of nitrogens with zero attached hydrogens (tertiary/aromatic N) is 1. The molecule has 0 spiro atoms. The second kappa shape index (κ2) is 11.5. The first-order valence-electron chi connectivity index (χ1n) is 12.2. The molecule has 0 bridgehead atoms. The monoisotopic (exact) mass is 592 g/mol. The molecule has 3 aromatic rings. The number of hydrogen-bond donors (Lipinski definition) is 1. The number of rotatable bonds is 6. The highest BCUT2D eigenvalue weighted by Gasteiger charge is 2.40. The van der Waals surface area contributed by atoms with E-state index in [1.807, 2.05) is 0 Å². The zero-order valence-electron chi connectivity index (χ0n) is 21.7. The van der Waals surface area contributed by atoms with Crippen LogP contribution in [-0.2, 0) is 6.18 Å². The number of halogens is 5. The van der Waals surface area contributed by atoms with Crippen LogP contribution in [0.15, 0.2) is 54.6 Å². The molecule has 0 unspecified atom stereocenters. The highest BCUT2D eigenvalue weighted by Crippen LogP contribution is 2.40. The smallest absolute Gasteiger partial charge is 0.420 e. The summed E-state index contributed by atoms with van der Waals surface area (Å²) in [5, 5.41) is 3.45. The fourth-order valence-electron chi connectivity index (χ4n) is 4.93. The van der Waals surface area contributed by atoms with Crippen molar-refractivity contribution >= 4 is 40.8 Å².